The molecule has 3 N–H and O–H groups in total. The fourth-order valence-corrected chi connectivity index (χ4v) is 5.85. The van der Waals surface area contributed by atoms with E-state index in [9.17, 15) is 5.11 Å². The SMILES string of the molecule is Oc1ccc(-c2cc3cc4nc(c(-c5ccccc5)c5ccc(cc6nc(c(-c7ccccc7)c2[nH]3)C=C6)[nH]5)C=C4)cc1. The number of hydrogen-bond donors (Lipinski definition) is 3. The van der Waals surface area contributed by atoms with Crippen molar-refractivity contribution >= 4 is 46.4 Å². The Morgan fingerprint density at radius 3 is 1.77 bits per heavy atom. The van der Waals surface area contributed by atoms with Gasteiger partial charge in [0.05, 0.1) is 28.3 Å². The number of phenolic OH excluding ortho intramolecular Hbond substituents is 1. The van der Waals surface area contributed by atoms with Crippen LogP contribution in [-0.2, 0) is 0 Å². The lowest BCUT2D eigenvalue weighted by atomic mass is 9.99. The third kappa shape index (κ3) is 4.63. The molecule has 3 aromatic carbocycles. The maximum absolute atomic E-state index is 10.0. The van der Waals surface area contributed by atoms with Gasteiger partial charge < -0.3 is 15.1 Å². The molecule has 5 heterocycles. The molecular weight excluding hydrogens is 528 g/mol. The van der Waals surface area contributed by atoms with Crippen LogP contribution in [0.25, 0.3) is 79.8 Å². The Morgan fingerprint density at radius 2 is 1.09 bits per heavy atom. The predicted molar refractivity (Wildman–Crippen MR) is 177 cm³/mol. The number of aromatic amines is 2. The first-order valence-electron chi connectivity index (χ1n) is 14.2. The Kier molecular flexibility index (Phi) is 5.86. The van der Waals surface area contributed by atoms with Crippen molar-refractivity contribution in [2.45, 2.75) is 0 Å². The summed E-state index contributed by atoms with van der Waals surface area (Å²) in [6.45, 7) is 0. The van der Waals surface area contributed by atoms with Crippen molar-refractivity contribution in [1.82, 2.24) is 19.9 Å². The molecule has 6 aromatic rings. The minimum atomic E-state index is 0.231. The van der Waals surface area contributed by atoms with E-state index < -0.39 is 0 Å². The van der Waals surface area contributed by atoms with Crippen LogP contribution in [0.15, 0.2) is 115 Å². The van der Waals surface area contributed by atoms with Crippen molar-refractivity contribution < 1.29 is 5.11 Å². The van der Waals surface area contributed by atoms with Crippen molar-refractivity contribution in [3.8, 4) is 39.1 Å². The number of hydrogen-bond acceptors (Lipinski definition) is 3. The van der Waals surface area contributed by atoms with E-state index in [0.717, 1.165) is 78.2 Å². The summed E-state index contributed by atoms with van der Waals surface area (Å²) < 4.78 is 0. The summed E-state index contributed by atoms with van der Waals surface area (Å²) in [4.78, 5) is 17.5. The number of aromatic hydroxyl groups is 1. The topological polar surface area (TPSA) is 77.6 Å². The number of rotatable bonds is 3. The molecule has 0 spiro atoms. The number of aromatic nitrogens is 4. The fourth-order valence-electron chi connectivity index (χ4n) is 5.85. The zero-order valence-electron chi connectivity index (χ0n) is 23.1. The zero-order valence-corrected chi connectivity index (χ0v) is 23.1. The highest BCUT2D eigenvalue weighted by molar-refractivity contribution is 6.00. The zero-order chi connectivity index (χ0) is 28.8. The van der Waals surface area contributed by atoms with Crippen LogP contribution in [0, 0.1) is 0 Å². The van der Waals surface area contributed by atoms with Crippen molar-refractivity contribution in [1.29, 1.82) is 0 Å². The molecule has 43 heavy (non-hydrogen) atoms. The molecule has 0 atom stereocenters. The summed E-state index contributed by atoms with van der Waals surface area (Å²) in [6.07, 6.45) is 8.26. The summed E-state index contributed by atoms with van der Waals surface area (Å²) in [5, 5.41) is 10.0. The average molecular weight is 555 g/mol. The lowest BCUT2D eigenvalue weighted by Crippen LogP contribution is -1.87. The van der Waals surface area contributed by atoms with E-state index in [-0.39, 0.29) is 5.75 Å². The molecule has 2 aliphatic rings. The van der Waals surface area contributed by atoms with Gasteiger partial charge in [-0.05, 0) is 83.5 Å². The first kappa shape index (κ1) is 24.8. The molecule has 8 bridgehead atoms. The van der Waals surface area contributed by atoms with Gasteiger partial charge in [0, 0.05) is 33.2 Å². The summed E-state index contributed by atoms with van der Waals surface area (Å²) in [6, 6.07) is 38.5. The maximum Gasteiger partial charge on any atom is 0.115 e. The quantitative estimate of drug-likeness (QED) is 0.204. The van der Waals surface area contributed by atoms with E-state index in [1.807, 2.05) is 36.4 Å². The summed E-state index contributed by atoms with van der Waals surface area (Å²) in [5.74, 6) is 0.231. The largest absolute Gasteiger partial charge is 0.508 e. The molecule has 5 heteroatoms. The molecule has 0 saturated heterocycles. The monoisotopic (exact) mass is 554 g/mol. The van der Waals surface area contributed by atoms with Gasteiger partial charge in [0.15, 0.2) is 0 Å². The Morgan fingerprint density at radius 1 is 0.488 bits per heavy atom. The number of fused-ring (bicyclic) bond motifs is 8. The molecule has 0 fully saturated rings. The Balaban J connectivity index is 1.51. The van der Waals surface area contributed by atoms with Crippen LogP contribution in [0.1, 0.15) is 22.8 Å². The Labute approximate surface area is 248 Å². The summed E-state index contributed by atoms with van der Waals surface area (Å²) >= 11 is 0. The van der Waals surface area contributed by atoms with Crippen LogP contribution in [0.4, 0.5) is 0 Å². The Hall–Kier alpha value is -5.94. The molecule has 0 unspecified atom stereocenters. The number of nitrogens with zero attached hydrogens (tertiary/aromatic N) is 2. The highest BCUT2D eigenvalue weighted by atomic mass is 16.3. The number of H-pyrrole nitrogens is 2. The minimum absolute atomic E-state index is 0.231. The van der Waals surface area contributed by atoms with Gasteiger partial charge in [-0.1, -0.05) is 72.8 Å². The lowest BCUT2D eigenvalue weighted by Gasteiger charge is -2.07. The number of phenols is 1. The van der Waals surface area contributed by atoms with Crippen LogP contribution in [0.5, 0.6) is 5.75 Å². The molecule has 8 rings (SSSR count). The minimum Gasteiger partial charge on any atom is -0.508 e. The van der Waals surface area contributed by atoms with Crippen molar-refractivity contribution in [2.24, 2.45) is 0 Å². The molecular formula is C38H26N4O. The summed E-state index contributed by atoms with van der Waals surface area (Å²) in [7, 11) is 0. The molecule has 0 amide bonds. The lowest BCUT2D eigenvalue weighted by molar-refractivity contribution is 0.475. The van der Waals surface area contributed by atoms with Gasteiger partial charge in [0.25, 0.3) is 0 Å². The van der Waals surface area contributed by atoms with E-state index in [1.165, 1.54) is 0 Å². The fraction of sp³-hybridized carbons (Fsp3) is 0. The molecule has 3 aromatic heterocycles. The molecule has 204 valence electrons. The smallest absolute Gasteiger partial charge is 0.115 e. The molecule has 0 aliphatic carbocycles. The van der Waals surface area contributed by atoms with Gasteiger partial charge in [-0.15, -0.1) is 0 Å². The third-order valence-electron chi connectivity index (χ3n) is 7.81. The summed E-state index contributed by atoms with van der Waals surface area (Å²) in [5.41, 5.74) is 13.5. The van der Waals surface area contributed by atoms with E-state index in [4.69, 9.17) is 9.97 Å². The van der Waals surface area contributed by atoms with Crippen LogP contribution in [0.2, 0.25) is 0 Å². The average Bonchev–Trinajstić information content (AvgIpc) is 3.85. The third-order valence-corrected chi connectivity index (χ3v) is 7.81. The van der Waals surface area contributed by atoms with Crippen LogP contribution >= 0.6 is 0 Å². The highest BCUT2D eigenvalue weighted by Crippen LogP contribution is 2.37. The van der Waals surface area contributed by atoms with E-state index in [0.29, 0.717) is 0 Å². The molecule has 0 saturated carbocycles. The maximum atomic E-state index is 10.0. The molecule has 2 aliphatic heterocycles. The second-order valence-electron chi connectivity index (χ2n) is 10.7. The van der Waals surface area contributed by atoms with Gasteiger partial charge in [-0.3, -0.25) is 0 Å². The van der Waals surface area contributed by atoms with Crippen molar-refractivity contribution in [2.75, 3.05) is 0 Å². The van der Waals surface area contributed by atoms with Gasteiger partial charge >= 0.3 is 0 Å². The van der Waals surface area contributed by atoms with Crippen LogP contribution in [-0.4, -0.2) is 25.0 Å². The predicted octanol–water partition coefficient (Wildman–Crippen LogP) is 9.36. The van der Waals surface area contributed by atoms with Crippen molar-refractivity contribution in [3.05, 3.63) is 138 Å². The van der Waals surface area contributed by atoms with E-state index >= 15 is 0 Å². The second-order valence-corrected chi connectivity index (χ2v) is 10.7. The first-order chi connectivity index (χ1) is 21.2. The van der Waals surface area contributed by atoms with Crippen LogP contribution in [0.3, 0.4) is 0 Å². The second kappa shape index (κ2) is 10.2. The van der Waals surface area contributed by atoms with Gasteiger partial charge in [0.1, 0.15) is 5.75 Å². The van der Waals surface area contributed by atoms with Crippen molar-refractivity contribution in [3.63, 3.8) is 0 Å². The first-order valence-corrected chi connectivity index (χ1v) is 14.2. The molecule has 5 nitrogen and oxygen atoms in total. The molecule has 0 radical (unpaired) electrons. The van der Waals surface area contributed by atoms with Gasteiger partial charge in [-0.25, -0.2) is 9.97 Å². The van der Waals surface area contributed by atoms with E-state index in [2.05, 4.69) is 101 Å². The highest BCUT2D eigenvalue weighted by Gasteiger charge is 2.16. The van der Waals surface area contributed by atoms with Gasteiger partial charge in [0.2, 0.25) is 0 Å². The normalized spacial score (nSPS) is 12.1. The van der Waals surface area contributed by atoms with E-state index in [1.54, 1.807) is 12.1 Å². The number of benzene rings is 3. The van der Waals surface area contributed by atoms with Crippen LogP contribution < -0.4 is 0 Å². The van der Waals surface area contributed by atoms with Gasteiger partial charge in [-0.2, -0.15) is 0 Å². The Bertz CT molecular complexity index is 2220. The number of nitrogens with one attached hydrogen (secondary N) is 2. The standard InChI is InChI=1S/C38H26N4O/c43-31-16-11-24(12-17-31)32-23-30-22-29-14-19-34(40-29)36(25-7-3-1-4-8-25)33-18-13-27(39-33)21-28-15-20-35(41-28)37(38(32)42-30)26-9-5-2-6-10-26/h1-23,39,42-43H.